The minimum absolute atomic E-state index is 0. The van der Waals surface area contributed by atoms with Gasteiger partial charge in [-0.25, -0.2) is 4.99 Å². The average molecular weight is 523 g/mol. The third-order valence-corrected chi connectivity index (χ3v) is 5.41. The van der Waals surface area contributed by atoms with Gasteiger partial charge in [-0.3, -0.25) is 4.99 Å². The molecule has 0 aromatic heterocycles. The number of nitrogens with zero attached hydrogens (tertiary/aromatic N) is 2. The number of allylic oxidation sites excluding steroid dienone is 2. The van der Waals surface area contributed by atoms with E-state index >= 15 is 0 Å². The summed E-state index contributed by atoms with van der Waals surface area (Å²) in [6.45, 7) is 4.43. The maximum Gasteiger partial charge on any atom is 0.0848 e. The zero-order chi connectivity index (χ0) is 22.0. The molecule has 2 nitrogen and oxygen atoms in total. The van der Waals surface area contributed by atoms with Gasteiger partial charge in [0.15, 0.2) is 0 Å². The van der Waals surface area contributed by atoms with Crippen molar-refractivity contribution in [2.75, 3.05) is 0 Å². The van der Waals surface area contributed by atoms with Gasteiger partial charge in [0.1, 0.15) is 0 Å². The zero-order valence-electron chi connectivity index (χ0n) is 19.9. The van der Waals surface area contributed by atoms with Crippen LogP contribution in [0.25, 0.3) is 0 Å². The molecular formula is C29H40N2Pd. The minimum atomic E-state index is 0. The molecule has 2 aromatic rings. The molecule has 0 fully saturated rings. The number of unbranched alkanes of at least 4 members (excludes halogenated alkanes) is 9. The van der Waals surface area contributed by atoms with Gasteiger partial charge in [0, 0.05) is 20.4 Å². The number of hydrogen-bond acceptors (Lipinski definition) is 2. The van der Waals surface area contributed by atoms with E-state index in [2.05, 4.69) is 26.0 Å². The van der Waals surface area contributed by atoms with Crippen LogP contribution in [0, 0.1) is 0 Å². The van der Waals surface area contributed by atoms with E-state index in [1.54, 1.807) is 0 Å². The molecule has 0 saturated heterocycles. The van der Waals surface area contributed by atoms with Crippen LogP contribution in [0.1, 0.15) is 84.5 Å². The summed E-state index contributed by atoms with van der Waals surface area (Å²) in [5.41, 5.74) is 3.94. The monoisotopic (exact) mass is 522 g/mol. The first-order valence-corrected chi connectivity index (χ1v) is 12.3. The van der Waals surface area contributed by atoms with Crippen LogP contribution in [0.15, 0.2) is 82.8 Å². The SMILES string of the molecule is CCCCCCCCCCC/C=C/C(=N\c1ccccc1)C(/CC)=N/c1ccccc1.[Pd]. The molecule has 176 valence electrons. The van der Waals surface area contributed by atoms with Crippen LogP contribution in [-0.2, 0) is 20.4 Å². The molecule has 0 unspecified atom stereocenters. The first kappa shape index (κ1) is 28.2. The molecule has 0 radical (unpaired) electrons. The molecule has 0 aliphatic rings. The smallest absolute Gasteiger partial charge is 0.0848 e. The molecule has 0 saturated carbocycles. The maximum atomic E-state index is 4.91. The summed E-state index contributed by atoms with van der Waals surface area (Å²) >= 11 is 0. The molecule has 2 rings (SSSR count). The molecule has 0 aliphatic heterocycles. The minimum Gasteiger partial charge on any atom is -0.251 e. The Morgan fingerprint density at radius 3 is 1.69 bits per heavy atom. The number of benzene rings is 2. The van der Waals surface area contributed by atoms with E-state index in [9.17, 15) is 0 Å². The Balaban J connectivity index is 0.00000512. The van der Waals surface area contributed by atoms with Crippen LogP contribution in [0.2, 0.25) is 0 Å². The summed E-state index contributed by atoms with van der Waals surface area (Å²) < 4.78 is 0. The molecule has 0 aliphatic carbocycles. The second-order valence-corrected chi connectivity index (χ2v) is 8.10. The molecule has 0 spiro atoms. The molecule has 0 heterocycles. The van der Waals surface area contributed by atoms with Crippen molar-refractivity contribution in [2.24, 2.45) is 9.98 Å². The molecule has 0 amide bonds. The van der Waals surface area contributed by atoms with E-state index in [1.165, 1.54) is 57.8 Å². The second-order valence-electron chi connectivity index (χ2n) is 8.10. The van der Waals surface area contributed by atoms with E-state index in [-0.39, 0.29) is 20.4 Å². The van der Waals surface area contributed by atoms with Crippen molar-refractivity contribution in [3.05, 3.63) is 72.8 Å². The molecule has 0 N–H and O–H groups in total. The van der Waals surface area contributed by atoms with E-state index in [1.807, 2.05) is 60.7 Å². The van der Waals surface area contributed by atoms with Crippen LogP contribution >= 0.6 is 0 Å². The molecule has 32 heavy (non-hydrogen) atoms. The Hall–Kier alpha value is -1.82. The molecule has 0 atom stereocenters. The van der Waals surface area contributed by atoms with Gasteiger partial charge in [-0.05, 0) is 49.6 Å². The van der Waals surface area contributed by atoms with Crippen molar-refractivity contribution >= 4 is 22.8 Å². The largest absolute Gasteiger partial charge is 0.251 e. The Morgan fingerprint density at radius 2 is 1.16 bits per heavy atom. The average Bonchev–Trinajstić information content (AvgIpc) is 2.81. The molecular weight excluding hydrogens is 483 g/mol. The molecule has 2 aromatic carbocycles. The third kappa shape index (κ3) is 12.3. The fraction of sp³-hybridized carbons (Fsp3) is 0.448. The van der Waals surface area contributed by atoms with E-state index < -0.39 is 0 Å². The summed E-state index contributed by atoms with van der Waals surface area (Å²) in [5, 5.41) is 0. The number of aliphatic imine (C=N–C) groups is 2. The topological polar surface area (TPSA) is 24.7 Å². The van der Waals surface area contributed by atoms with Crippen LogP contribution in [-0.4, -0.2) is 11.4 Å². The summed E-state index contributed by atoms with van der Waals surface area (Å²) in [7, 11) is 0. The van der Waals surface area contributed by atoms with Crippen LogP contribution in [0.3, 0.4) is 0 Å². The molecule has 0 bridgehead atoms. The Morgan fingerprint density at radius 1 is 0.656 bits per heavy atom. The van der Waals surface area contributed by atoms with E-state index in [0.29, 0.717) is 0 Å². The summed E-state index contributed by atoms with van der Waals surface area (Å²) in [6, 6.07) is 20.3. The quantitative estimate of drug-likeness (QED) is 0.126. The van der Waals surface area contributed by atoms with Gasteiger partial charge in [0.25, 0.3) is 0 Å². The Bertz CT molecular complexity index is 794. The van der Waals surface area contributed by atoms with Crippen LogP contribution in [0.4, 0.5) is 11.4 Å². The first-order chi connectivity index (χ1) is 15.3. The second kappa shape index (κ2) is 18.7. The van der Waals surface area contributed by atoms with Crippen molar-refractivity contribution in [2.45, 2.75) is 84.5 Å². The van der Waals surface area contributed by atoms with Gasteiger partial charge < -0.3 is 0 Å². The van der Waals surface area contributed by atoms with Crippen molar-refractivity contribution < 1.29 is 20.4 Å². The van der Waals surface area contributed by atoms with Gasteiger partial charge in [-0.15, -0.1) is 0 Å². The zero-order valence-corrected chi connectivity index (χ0v) is 21.5. The van der Waals surface area contributed by atoms with Crippen LogP contribution in [0.5, 0.6) is 0 Å². The number of rotatable bonds is 15. The van der Waals surface area contributed by atoms with Gasteiger partial charge in [0.05, 0.1) is 22.8 Å². The van der Waals surface area contributed by atoms with Crippen molar-refractivity contribution in [1.29, 1.82) is 0 Å². The fourth-order valence-electron chi connectivity index (χ4n) is 3.58. The summed E-state index contributed by atoms with van der Waals surface area (Å²) in [6.07, 6.45) is 18.7. The van der Waals surface area contributed by atoms with Gasteiger partial charge in [-0.1, -0.05) is 108 Å². The Kier molecular flexibility index (Phi) is 16.5. The van der Waals surface area contributed by atoms with E-state index in [0.717, 1.165) is 35.6 Å². The molecule has 3 heteroatoms. The normalized spacial score (nSPS) is 12.2. The van der Waals surface area contributed by atoms with Gasteiger partial charge in [0.2, 0.25) is 0 Å². The first-order valence-electron chi connectivity index (χ1n) is 12.3. The predicted molar refractivity (Wildman–Crippen MR) is 138 cm³/mol. The van der Waals surface area contributed by atoms with Crippen LogP contribution < -0.4 is 0 Å². The van der Waals surface area contributed by atoms with Crippen molar-refractivity contribution in [1.82, 2.24) is 0 Å². The third-order valence-electron chi connectivity index (χ3n) is 5.41. The van der Waals surface area contributed by atoms with E-state index in [4.69, 9.17) is 9.98 Å². The fourth-order valence-corrected chi connectivity index (χ4v) is 3.58. The van der Waals surface area contributed by atoms with Gasteiger partial charge >= 0.3 is 0 Å². The van der Waals surface area contributed by atoms with Crippen molar-refractivity contribution in [3.8, 4) is 0 Å². The van der Waals surface area contributed by atoms with Crippen molar-refractivity contribution in [3.63, 3.8) is 0 Å². The van der Waals surface area contributed by atoms with Gasteiger partial charge in [-0.2, -0.15) is 0 Å². The summed E-state index contributed by atoms with van der Waals surface area (Å²) in [5.74, 6) is 0. The standard InChI is InChI=1S/C29H40N2.Pd/c1-3-5-6-7-8-9-10-11-12-13-20-25-29(31-27-23-18-15-19-24-27)28(4-2)30-26-21-16-14-17-22-26;/h14-25H,3-13H2,1-2H3;/b25-20+,30-28+,31-29+;. The number of para-hydroxylation sites is 2. The Labute approximate surface area is 210 Å². The predicted octanol–water partition coefficient (Wildman–Crippen LogP) is 9.42. The number of hydrogen-bond donors (Lipinski definition) is 0. The summed E-state index contributed by atoms with van der Waals surface area (Å²) in [4.78, 5) is 9.79. The maximum absolute atomic E-state index is 4.91.